The van der Waals surface area contributed by atoms with E-state index in [0.717, 1.165) is 17.6 Å². The van der Waals surface area contributed by atoms with Gasteiger partial charge in [0.1, 0.15) is 34.7 Å². The molecule has 12 nitrogen and oxygen atoms in total. The van der Waals surface area contributed by atoms with Gasteiger partial charge in [0.25, 0.3) is 0 Å². The Morgan fingerprint density at radius 3 is 2.68 bits per heavy atom. The maximum absolute atomic E-state index is 13.9. The number of methoxy groups -OCH3 is 2. The van der Waals surface area contributed by atoms with E-state index in [1.54, 1.807) is 38.3 Å². The van der Waals surface area contributed by atoms with E-state index in [0.29, 0.717) is 30.0 Å². The number of allylic oxidation sites excluding steroid dienone is 3. The van der Waals surface area contributed by atoms with Crippen molar-refractivity contribution in [3.63, 3.8) is 0 Å². The molecule has 4 rings (SSSR count). The molecule has 4 bridgehead atoms. The fourth-order valence-electron chi connectivity index (χ4n) is 6.12. The second-order valence-electron chi connectivity index (χ2n) is 12.4. The minimum atomic E-state index is -1.79. The Bertz CT molecular complexity index is 1390. The highest BCUT2D eigenvalue weighted by Crippen LogP contribution is 2.49. The monoisotopic (exact) mass is 696 g/mol. The average Bonchev–Trinajstić information content (AvgIpc) is 3.72. The summed E-state index contributed by atoms with van der Waals surface area (Å²) >= 11 is 10.9. The normalized spacial score (nSPS) is 31.2. The molecule has 260 valence electrons. The van der Waals surface area contributed by atoms with E-state index in [-0.39, 0.29) is 24.5 Å². The number of alkyl carbamates (subject to hydrolysis) is 1. The van der Waals surface area contributed by atoms with Crippen LogP contribution in [0.2, 0.25) is 5.02 Å². The van der Waals surface area contributed by atoms with Gasteiger partial charge in [-0.05, 0) is 56.6 Å². The topological polar surface area (TPSA) is 145 Å². The number of aliphatic hydroxyl groups is 1. The van der Waals surface area contributed by atoms with Gasteiger partial charge < -0.3 is 38.4 Å². The van der Waals surface area contributed by atoms with E-state index in [9.17, 15) is 19.5 Å². The van der Waals surface area contributed by atoms with E-state index >= 15 is 0 Å². The Morgan fingerprint density at radius 2 is 2.00 bits per heavy atom. The number of fused-ring (bicyclic) bond motifs is 5. The van der Waals surface area contributed by atoms with Crippen LogP contribution >= 0.6 is 24.2 Å². The molecule has 3 heterocycles. The Labute approximate surface area is 286 Å². The number of halogens is 1. The molecule has 2 fully saturated rings. The van der Waals surface area contributed by atoms with Gasteiger partial charge in [-0.3, -0.25) is 10.1 Å². The number of hydrogen-bond donors (Lipinski definition) is 3. The van der Waals surface area contributed by atoms with Crippen LogP contribution in [-0.4, -0.2) is 92.6 Å². The third kappa shape index (κ3) is 8.55. The molecule has 7 unspecified atom stereocenters. The maximum Gasteiger partial charge on any atom is 0.508 e. The third-order valence-corrected chi connectivity index (χ3v) is 9.66. The molecule has 0 saturated carbocycles. The van der Waals surface area contributed by atoms with Crippen LogP contribution in [0.3, 0.4) is 0 Å². The second kappa shape index (κ2) is 15.5. The summed E-state index contributed by atoms with van der Waals surface area (Å²) in [6.07, 6.45) is 1.67. The highest BCUT2D eigenvalue weighted by Gasteiger charge is 2.64. The summed E-state index contributed by atoms with van der Waals surface area (Å²) in [6, 6.07) is 3.60. The van der Waals surface area contributed by atoms with Gasteiger partial charge in [0.2, 0.25) is 5.91 Å². The summed E-state index contributed by atoms with van der Waals surface area (Å²) in [5, 5.41) is 14.4. The van der Waals surface area contributed by atoms with Crippen LogP contribution in [-0.2, 0) is 34.9 Å². The number of hydrogen-bond acceptors (Lipinski definition) is 11. The molecule has 0 aromatic heterocycles. The van der Waals surface area contributed by atoms with Crippen molar-refractivity contribution in [1.29, 1.82) is 0 Å². The van der Waals surface area contributed by atoms with Crippen LogP contribution in [0.25, 0.3) is 0 Å². The zero-order chi connectivity index (χ0) is 34.5. The summed E-state index contributed by atoms with van der Waals surface area (Å²) < 4.78 is 34.0. The molecule has 7 atom stereocenters. The van der Waals surface area contributed by atoms with Gasteiger partial charge in [-0.15, -0.1) is 0 Å². The van der Waals surface area contributed by atoms with Crippen molar-refractivity contribution in [3.8, 4) is 5.75 Å². The summed E-state index contributed by atoms with van der Waals surface area (Å²) in [7, 11) is 4.52. The largest absolute Gasteiger partial charge is 0.508 e. The number of amides is 2. The predicted octanol–water partition coefficient (Wildman–Crippen LogP) is 4.99. The number of rotatable bonds is 7. The van der Waals surface area contributed by atoms with Gasteiger partial charge in [0.15, 0.2) is 5.72 Å². The molecule has 47 heavy (non-hydrogen) atoms. The van der Waals surface area contributed by atoms with Crippen molar-refractivity contribution in [2.24, 2.45) is 5.92 Å². The second-order valence-corrected chi connectivity index (χ2v) is 13.3. The fourth-order valence-corrected chi connectivity index (χ4v) is 6.66. The Morgan fingerprint density at radius 1 is 1.26 bits per heavy atom. The first-order valence-electron chi connectivity index (χ1n) is 15.6. The number of anilines is 1. The van der Waals surface area contributed by atoms with Gasteiger partial charge in [-0.25, -0.2) is 9.59 Å². The lowest BCUT2D eigenvalue weighted by atomic mass is 9.83. The number of epoxide rings is 1. The molecule has 3 aliphatic rings. The first kappa shape index (κ1) is 36.9. The molecular formula is C33H45ClN2O10S. The Hall–Kier alpha value is -2.97. The van der Waals surface area contributed by atoms with E-state index in [4.69, 9.17) is 40.0 Å². The number of unbranched alkanes of at least 4 members (excludes halogenated alkanes) is 1. The fraction of sp³-hybridized carbons (Fsp3) is 0.606. The van der Waals surface area contributed by atoms with Crippen LogP contribution in [0.5, 0.6) is 5.75 Å². The van der Waals surface area contributed by atoms with Crippen molar-refractivity contribution in [2.45, 2.75) is 88.6 Å². The summed E-state index contributed by atoms with van der Waals surface area (Å²) in [5.74, 6) is 0.154. The number of carbonyl (C=O) groups is 3. The summed E-state index contributed by atoms with van der Waals surface area (Å²) in [6.45, 7) is 5.60. The summed E-state index contributed by atoms with van der Waals surface area (Å²) in [5.41, 5.74) is -0.755. The number of nitrogens with one attached hydrogen (secondary N) is 1. The van der Waals surface area contributed by atoms with E-state index in [1.807, 2.05) is 19.9 Å². The number of ether oxygens (including phenoxy) is 6. The molecule has 0 spiro atoms. The molecule has 1 aromatic rings. The van der Waals surface area contributed by atoms with Gasteiger partial charge in [0.05, 0.1) is 31.9 Å². The van der Waals surface area contributed by atoms with Crippen molar-refractivity contribution in [2.75, 3.05) is 38.5 Å². The lowest BCUT2D eigenvalue weighted by Crippen LogP contribution is -2.63. The molecule has 2 amide bonds. The van der Waals surface area contributed by atoms with Crippen molar-refractivity contribution < 1.29 is 47.9 Å². The highest BCUT2D eigenvalue weighted by atomic mass is 35.5. The SMILES string of the molecule is COc1cc2cc(c1Cl)N(C)C(=O)CC(OC(=O)OCCCCS)C1(C)OC1C(C)C1CC(O)(NC(=O)O1)C(OC)C=CC=C(C)C2. The molecule has 1 aromatic carbocycles. The van der Waals surface area contributed by atoms with Crippen LogP contribution in [0.1, 0.15) is 52.0 Å². The lowest BCUT2D eigenvalue weighted by molar-refractivity contribution is -0.142. The third-order valence-electron chi connectivity index (χ3n) is 8.96. The zero-order valence-corrected chi connectivity index (χ0v) is 29.3. The Kier molecular flexibility index (Phi) is 12.2. The van der Waals surface area contributed by atoms with Gasteiger partial charge in [-0.1, -0.05) is 42.3 Å². The quantitative estimate of drug-likeness (QED) is 0.154. The minimum Gasteiger partial charge on any atom is -0.495 e. The first-order valence-corrected chi connectivity index (χ1v) is 16.6. The van der Waals surface area contributed by atoms with Gasteiger partial charge in [-0.2, -0.15) is 12.6 Å². The molecule has 3 aliphatic heterocycles. The van der Waals surface area contributed by atoms with Gasteiger partial charge >= 0.3 is 12.2 Å². The predicted molar refractivity (Wildman–Crippen MR) is 178 cm³/mol. The number of benzene rings is 1. The van der Waals surface area contributed by atoms with E-state index < -0.39 is 59.8 Å². The highest BCUT2D eigenvalue weighted by molar-refractivity contribution is 7.80. The van der Waals surface area contributed by atoms with Gasteiger partial charge in [0, 0.05) is 26.5 Å². The number of carbonyl (C=O) groups excluding carboxylic acids is 3. The van der Waals surface area contributed by atoms with Crippen LogP contribution in [0.15, 0.2) is 35.9 Å². The molecule has 0 radical (unpaired) electrons. The van der Waals surface area contributed by atoms with Crippen LogP contribution < -0.4 is 15.0 Å². The van der Waals surface area contributed by atoms with Crippen LogP contribution in [0.4, 0.5) is 15.3 Å². The maximum atomic E-state index is 13.9. The first-order chi connectivity index (χ1) is 22.3. The van der Waals surface area contributed by atoms with E-state index in [1.165, 1.54) is 19.1 Å². The minimum absolute atomic E-state index is 0.0219. The standard InChI is InChI=1S/C33H45ClN2O10S/c1-19-10-9-11-25(42-6)33(40)18-24(44-30(38)35-33)20(2)29-32(3,46-29)26(45-31(39)43-12-7-8-13-47)17-27(37)36(4)22-15-21(14-19)16-23(41-5)28(22)34/h9-11,15-16,20,24-26,29,40,47H,7-8,12-14,17-18H2,1-6H3,(H,35,38). The molecular weight excluding hydrogens is 652 g/mol. The average molecular weight is 697 g/mol. The Balaban J connectivity index is 1.74. The summed E-state index contributed by atoms with van der Waals surface area (Å²) in [4.78, 5) is 40.8. The van der Waals surface area contributed by atoms with Crippen molar-refractivity contribution in [3.05, 3.63) is 46.5 Å². The molecule has 0 aliphatic carbocycles. The lowest BCUT2D eigenvalue weighted by Gasteiger charge is -2.42. The van der Waals surface area contributed by atoms with E-state index in [2.05, 4.69) is 17.9 Å². The van der Waals surface area contributed by atoms with Crippen molar-refractivity contribution in [1.82, 2.24) is 5.32 Å². The molecule has 2 saturated heterocycles. The smallest absolute Gasteiger partial charge is 0.495 e. The van der Waals surface area contributed by atoms with Crippen LogP contribution in [0, 0.1) is 5.92 Å². The number of thiol groups is 1. The number of nitrogens with zero attached hydrogens (tertiary/aromatic N) is 1. The molecule has 14 heteroatoms. The zero-order valence-electron chi connectivity index (χ0n) is 27.6. The molecule has 2 N–H and O–H groups in total. The van der Waals surface area contributed by atoms with Crippen molar-refractivity contribution >= 4 is 48.1 Å².